The first-order chi connectivity index (χ1) is 15.9. The minimum Gasteiger partial charge on any atom is -0.324 e. The lowest BCUT2D eigenvalue weighted by Crippen LogP contribution is -2.35. The number of nitrogens with zero attached hydrogens (tertiary/aromatic N) is 4. The second-order valence-corrected chi connectivity index (χ2v) is 8.27. The second-order valence-electron chi connectivity index (χ2n) is 8.27. The third-order valence-corrected chi connectivity index (χ3v) is 6.12. The second kappa shape index (κ2) is 9.02. The predicted octanol–water partition coefficient (Wildman–Crippen LogP) is 4.66. The largest absolute Gasteiger partial charge is 0.324 e. The van der Waals surface area contributed by atoms with Crippen molar-refractivity contribution in [3.8, 4) is 5.69 Å². The lowest BCUT2D eigenvalue weighted by molar-refractivity contribution is -0.119. The van der Waals surface area contributed by atoms with E-state index in [9.17, 15) is 9.59 Å². The zero-order valence-electron chi connectivity index (χ0n) is 19.7. The molecule has 0 radical (unpaired) electrons. The molecular weight excluding hydrogens is 414 g/mol. The van der Waals surface area contributed by atoms with Gasteiger partial charge in [-0.3, -0.25) is 9.59 Å². The number of anilines is 1. The van der Waals surface area contributed by atoms with Gasteiger partial charge in [0.15, 0.2) is 5.52 Å². The van der Waals surface area contributed by atoms with Gasteiger partial charge in [0.25, 0.3) is 5.56 Å². The van der Waals surface area contributed by atoms with Gasteiger partial charge < -0.3 is 5.32 Å². The van der Waals surface area contributed by atoms with Crippen molar-refractivity contribution in [3.05, 3.63) is 81.4 Å². The molecule has 0 bridgehead atoms. The maximum absolute atomic E-state index is 13.5. The number of aryl methyl sites for hydroxylation is 4. The normalized spacial score (nSPS) is 12.2. The van der Waals surface area contributed by atoms with E-state index in [4.69, 9.17) is 0 Å². The molecule has 0 aliphatic carbocycles. The van der Waals surface area contributed by atoms with Crippen LogP contribution in [0.5, 0.6) is 0 Å². The zero-order valence-corrected chi connectivity index (χ0v) is 19.7. The van der Waals surface area contributed by atoms with E-state index in [1.165, 1.54) is 4.68 Å². The Labute approximate surface area is 193 Å². The topological polar surface area (TPSA) is 81.8 Å². The van der Waals surface area contributed by atoms with Crippen LogP contribution in [0.3, 0.4) is 0 Å². The van der Waals surface area contributed by atoms with E-state index in [0.29, 0.717) is 17.6 Å². The molecule has 33 heavy (non-hydrogen) atoms. The molecule has 1 N–H and O–H groups in total. The molecule has 2 aromatic heterocycles. The number of amides is 1. The van der Waals surface area contributed by atoms with Gasteiger partial charge in [-0.05, 0) is 56.9 Å². The van der Waals surface area contributed by atoms with Gasteiger partial charge in [0, 0.05) is 5.69 Å². The Balaban J connectivity index is 1.79. The molecule has 2 aromatic carbocycles. The van der Waals surface area contributed by atoms with Crippen molar-refractivity contribution in [1.29, 1.82) is 0 Å². The van der Waals surface area contributed by atoms with E-state index in [1.807, 2.05) is 76.2 Å². The molecule has 0 fully saturated rings. The van der Waals surface area contributed by atoms with Crippen molar-refractivity contribution in [2.75, 3.05) is 5.32 Å². The average Bonchev–Trinajstić information content (AvgIpc) is 3.17. The Morgan fingerprint density at radius 2 is 1.73 bits per heavy atom. The molecule has 2 heterocycles. The molecule has 7 nitrogen and oxygen atoms in total. The molecular formula is C26H29N5O2. The number of carbonyl (C=O) groups excluding carboxylic acids is 1. The van der Waals surface area contributed by atoms with Crippen LogP contribution in [0.15, 0.2) is 53.3 Å². The van der Waals surface area contributed by atoms with Crippen molar-refractivity contribution in [1.82, 2.24) is 19.6 Å². The van der Waals surface area contributed by atoms with Crippen LogP contribution >= 0.6 is 0 Å². The fourth-order valence-corrected chi connectivity index (χ4v) is 4.36. The highest BCUT2D eigenvalue weighted by atomic mass is 16.2. The van der Waals surface area contributed by atoms with E-state index in [2.05, 4.69) is 22.4 Å². The summed E-state index contributed by atoms with van der Waals surface area (Å²) in [5.74, 6) is -0.255. The first kappa shape index (κ1) is 22.5. The van der Waals surface area contributed by atoms with Crippen molar-refractivity contribution in [2.24, 2.45) is 0 Å². The lowest BCUT2D eigenvalue weighted by atomic mass is 10.1. The summed E-state index contributed by atoms with van der Waals surface area (Å²) >= 11 is 0. The van der Waals surface area contributed by atoms with E-state index >= 15 is 0 Å². The molecule has 0 aliphatic rings. The molecule has 0 saturated carbocycles. The molecule has 0 unspecified atom stereocenters. The van der Waals surface area contributed by atoms with Gasteiger partial charge >= 0.3 is 0 Å². The maximum Gasteiger partial charge on any atom is 0.295 e. The number of aromatic nitrogens is 4. The number of nitrogens with one attached hydrogen (secondary N) is 1. The Morgan fingerprint density at radius 3 is 2.39 bits per heavy atom. The first-order valence-corrected chi connectivity index (χ1v) is 11.3. The first-order valence-electron chi connectivity index (χ1n) is 11.3. The highest BCUT2D eigenvalue weighted by Crippen LogP contribution is 2.25. The van der Waals surface area contributed by atoms with E-state index in [1.54, 1.807) is 4.68 Å². The van der Waals surface area contributed by atoms with Crippen LogP contribution in [0.1, 0.15) is 48.8 Å². The molecule has 4 aromatic rings. The van der Waals surface area contributed by atoms with Crippen molar-refractivity contribution in [2.45, 2.75) is 53.5 Å². The summed E-state index contributed by atoms with van der Waals surface area (Å²) in [6, 6.07) is 14.9. The number of rotatable bonds is 6. The molecule has 1 amide bonds. The summed E-state index contributed by atoms with van der Waals surface area (Å²) in [6.45, 7) is 9.68. The summed E-state index contributed by atoms with van der Waals surface area (Å²) in [5, 5.41) is 13.0. The average molecular weight is 444 g/mol. The quantitative estimate of drug-likeness (QED) is 0.470. The minimum absolute atomic E-state index is 0.255. The molecule has 170 valence electrons. The smallest absolute Gasteiger partial charge is 0.295 e. The van der Waals surface area contributed by atoms with Crippen molar-refractivity contribution in [3.63, 3.8) is 0 Å². The predicted molar refractivity (Wildman–Crippen MR) is 131 cm³/mol. The summed E-state index contributed by atoms with van der Waals surface area (Å²) in [5.41, 5.74) is 5.18. The Kier molecular flexibility index (Phi) is 6.14. The van der Waals surface area contributed by atoms with Gasteiger partial charge in [0.1, 0.15) is 6.04 Å². The molecule has 0 saturated heterocycles. The Hall–Kier alpha value is -3.74. The highest BCUT2D eigenvalue weighted by Gasteiger charge is 2.26. The van der Waals surface area contributed by atoms with E-state index in [0.717, 1.165) is 40.0 Å². The van der Waals surface area contributed by atoms with Crippen molar-refractivity contribution >= 4 is 22.5 Å². The molecule has 0 spiro atoms. The third kappa shape index (κ3) is 3.95. The van der Waals surface area contributed by atoms with Crippen molar-refractivity contribution < 1.29 is 4.79 Å². The van der Waals surface area contributed by atoms with Gasteiger partial charge in [-0.15, -0.1) is 0 Å². The van der Waals surface area contributed by atoms with E-state index < -0.39 is 6.04 Å². The molecule has 7 heteroatoms. The maximum atomic E-state index is 13.5. The fourth-order valence-electron chi connectivity index (χ4n) is 4.36. The standard InChI is InChI=1S/C26H29N5O2/c1-6-19-13-11-12-16(3)23(19)27-25(32)21(7-2)31-26(33)24-22(17(4)28-31)18(5)30(29-24)20-14-9-8-10-15-20/h8-15,21H,6-7H2,1-5H3,(H,27,32)/t21-/m1/s1. The SMILES string of the molecule is CCc1cccc(C)c1NC(=O)[C@@H](CC)n1nc(C)c2c(C)n(-c3ccccc3)nc2c1=O. The Morgan fingerprint density at radius 1 is 1.00 bits per heavy atom. The number of carbonyl (C=O) groups is 1. The number of benzene rings is 2. The van der Waals surface area contributed by atoms with E-state index in [-0.39, 0.29) is 11.5 Å². The summed E-state index contributed by atoms with van der Waals surface area (Å²) in [6.07, 6.45) is 1.23. The van der Waals surface area contributed by atoms with Gasteiger partial charge in [-0.25, -0.2) is 9.36 Å². The number of hydrogen-bond donors (Lipinski definition) is 1. The third-order valence-electron chi connectivity index (χ3n) is 6.12. The molecule has 4 rings (SSSR count). The summed E-state index contributed by atoms with van der Waals surface area (Å²) in [4.78, 5) is 26.8. The lowest BCUT2D eigenvalue weighted by Gasteiger charge is -2.19. The van der Waals surface area contributed by atoms with Gasteiger partial charge in [-0.1, -0.05) is 50.2 Å². The van der Waals surface area contributed by atoms with Crippen LogP contribution in [0.4, 0.5) is 5.69 Å². The molecule has 1 atom stereocenters. The monoisotopic (exact) mass is 443 g/mol. The van der Waals surface area contributed by atoms with Crippen LogP contribution in [-0.4, -0.2) is 25.5 Å². The number of para-hydroxylation sites is 2. The van der Waals surface area contributed by atoms with Crippen LogP contribution < -0.4 is 10.9 Å². The minimum atomic E-state index is -0.743. The van der Waals surface area contributed by atoms with Gasteiger partial charge in [-0.2, -0.15) is 10.2 Å². The Bertz CT molecular complexity index is 1390. The summed E-state index contributed by atoms with van der Waals surface area (Å²) < 4.78 is 3.05. The van der Waals surface area contributed by atoms with Crippen LogP contribution in [0, 0.1) is 20.8 Å². The van der Waals surface area contributed by atoms with Crippen LogP contribution in [0.2, 0.25) is 0 Å². The van der Waals surface area contributed by atoms with Gasteiger partial charge in [0.2, 0.25) is 5.91 Å². The summed E-state index contributed by atoms with van der Waals surface area (Å²) in [7, 11) is 0. The highest BCUT2D eigenvalue weighted by molar-refractivity contribution is 5.95. The zero-order chi connectivity index (χ0) is 23.7. The van der Waals surface area contributed by atoms with Crippen LogP contribution in [-0.2, 0) is 11.2 Å². The fraction of sp³-hybridized carbons (Fsp3) is 0.308. The molecule has 0 aliphatic heterocycles. The number of hydrogen-bond acceptors (Lipinski definition) is 4. The van der Waals surface area contributed by atoms with Crippen LogP contribution in [0.25, 0.3) is 16.6 Å². The van der Waals surface area contributed by atoms with Gasteiger partial charge in [0.05, 0.1) is 22.5 Å². The number of fused-ring (bicyclic) bond motifs is 1.